The fourth-order valence-electron chi connectivity index (χ4n) is 1.49. The third kappa shape index (κ3) is 2.93. The Morgan fingerprint density at radius 1 is 1.44 bits per heavy atom. The van der Waals surface area contributed by atoms with E-state index in [4.69, 9.17) is 10.5 Å². The molecule has 3 N–H and O–H groups in total. The van der Waals surface area contributed by atoms with Gasteiger partial charge in [0.05, 0.1) is 12.2 Å². The Morgan fingerprint density at radius 3 is 2.56 bits per heavy atom. The lowest BCUT2D eigenvalue weighted by Crippen LogP contribution is -2.16. The van der Waals surface area contributed by atoms with Crippen LogP contribution >= 0.6 is 0 Å². The maximum Gasteiger partial charge on any atom is 0.165 e. The summed E-state index contributed by atoms with van der Waals surface area (Å²) in [5.41, 5.74) is 6.52. The molecule has 0 aliphatic rings. The van der Waals surface area contributed by atoms with Crippen molar-refractivity contribution in [2.45, 2.75) is 33.0 Å². The van der Waals surface area contributed by atoms with Crippen LogP contribution in [-0.4, -0.2) is 17.8 Å². The zero-order valence-corrected chi connectivity index (χ0v) is 9.83. The van der Waals surface area contributed by atoms with E-state index in [1.807, 2.05) is 0 Å². The molecule has 0 aliphatic carbocycles. The molecule has 0 heterocycles. The number of rotatable bonds is 4. The molecule has 1 unspecified atom stereocenters. The molecule has 0 aliphatic heterocycles. The average molecular weight is 227 g/mol. The number of aliphatic hydroxyl groups excluding tert-OH is 1. The van der Waals surface area contributed by atoms with Crippen molar-refractivity contribution < 1.29 is 14.2 Å². The fourth-order valence-corrected chi connectivity index (χ4v) is 1.49. The van der Waals surface area contributed by atoms with Crippen LogP contribution in [0.15, 0.2) is 12.1 Å². The summed E-state index contributed by atoms with van der Waals surface area (Å²) in [5.74, 6) is -0.366. The number of aliphatic hydroxyl groups is 1. The number of halogens is 1. The Balaban J connectivity index is 3.20. The number of benzene rings is 1. The first-order valence-corrected chi connectivity index (χ1v) is 5.30. The van der Waals surface area contributed by atoms with Gasteiger partial charge < -0.3 is 15.6 Å². The van der Waals surface area contributed by atoms with Gasteiger partial charge in [-0.2, -0.15) is 0 Å². The zero-order chi connectivity index (χ0) is 12.3. The first kappa shape index (κ1) is 12.9. The minimum atomic E-state index is -0.900. The summed E-state index contributed by atoms with van der Waals surface area (Å²) in [5, 5.41) is 9.70. The number of hydrogen-bond acceptors (Lipinski definition) is 3. The summed E-state index contributed by atoms with van der Waals surface area (Å²) in [6.45, 7) is 5.40. The molecular weight excluding hydrogens is 209 g/mol. The van der Waals surface area contributed by atoms with Crippen molar-refractivity contribution in [3.05, 3.63) is 29.1 Å². The molecule has 0 saturated heterocycles. The molecule has 0 saturated carbocycles. The van der Waals surface area contributed by atoms with Gasteiger partial charge in [0.1, 0.15) is 0 Å². The lowest BCUT2D eigenvalue weighted by atomic mass is 10.0. The molecule has 0 radical (unpaired) electrons. The Bertz CT molecular complexity index is 366. The normalized spacial score (nSPS) is 12.9. The van der Waals surface area contributed by atoms with Gasteiger partial charge in [-0.05, 0) is 38.5 Å². The molecule has 0 aromatic heterocycles. The van der Waals surface area contributed by atoms with Crippen LogP contribution in [0.4, 0.5) is 4.39 Å². The van der Waals surface area contributed by atoms with E-state index in [9.17, 15) is 9.50 Å². The minimum Gasteiger partial charge on any atom is -0.488 e. The third-order valence-electron chi connectivity index (χ3n) is 2.15. The zero-order valence-electron chi connectivity index (χ0n) is 9.83. The monoisotopic (exact) mass is 227 g/mol. The van der Waals surface area contributed by atoms with Crippen LogP contribution in [0.3, 0.4) is 0 Å². The Labute approximate surface area is 95.0 Å². The van der Waals surface area contributed by atoms with Crippen molar-refractivity contribution >= 4 is 0 Å². The molecule has 4 heteroatoms. The number of nitrogens with two attached hydrogens (primary N) is 1. The first-order valence-electron chi connectivity index (χ1n) is 5.30. The lowest BCUT2D eigenvalue weighted by Gasteiger charge is -2.18. The standard InChI is InChI=1S/C12H18FNO2/c1-7(2)16-12-9(11(15)6-14)4-8(3)5-10(12)13/h4-5,7,11,15H,6,14H2,1-3H3. The van der Waals surface area contributed by atoms with Gasteiger partial charge in [0.2, 0.25) is 0 Å². The van der Waals surface area contributed by atoms with Crippen molar-refractivity contribution in [2.75, 3.05) is 6.54 Å². The second-order valence-corrected chi connectivity index (χ2v) is 4.08. The van der Waals surface area contributed by atoms with Gasteiger partial charge in [0.15, 0.2) is 11.6 Å². The maximum absolute atomic E-state index is 13.7. The van der Waals surface area contributed by atoms with Gasteiger partial charge in [0.25, 0.3) is 0 Å². The maximum atomic E-state index is 13.7. The Morgan fingerprint density at radius 2 is 2.06 bits per heavy atom. The molecule has 1 rings (SSSR count). The second-order valence-electron chi connectivity index (χ2n) is 4.08. The minimum absolute atomic E-state index is 0.0390. The second kappa shape index (κ2) is 5.27. The van der Waals surface area contributed by atoms with E-state index in [0.29, 0.717) is 5.56 Å². The highest BCUT2D eigenvalue weighted by atomic mass is 19.1. The summed E-state index contributed by atoms with van der Waals surface area (Å²) in [6.07, 6.45) is -1.05. The van der Waals surface area contributed by atoms with Crippen molar-refractivity contribution in [3.63, 3.8) is 0 Å². The highest BCUT2D eigenvalue weighted by Gasteiger charge is 2.18. The van der Waals surface area contributed by atoms with Crippen molar-refractivity contribution in [1.82, 2.24) is 0 Å². The molecule has 0 spiro atoms. The van der Waals surface area contributed by atoms with Gasteiger partial charge in [-0.25, -0.2) is 4.39 Å². The van der Waals surface area contributed by atoms with Gasteiger partial charge in [-0.1, -0.05) is 0 Å². The van der Waals surface area contributed by atoms with Crippen LogP contribution in [-0.2, 0) is 0 Å². The largest absolute Gasteiger partial charge is 0.488 e. The van der Waals surface area contributed by atoms with Crippen molar-refractivity contribution in [3.8, 4) is 5.75 Å². The average Bonchev–Trinajstić information content (AvgIpc) is 2.20. The van der Waals surface area contributed by atoms with E-state index in [2.05, 4.69) is 0 Å². The highest BCUT2D eigenvalue weighted by Crippen LogP contribution is 2.30. The topological polar surface area (TPSA) is 55.5 Å². The summed E-state index contributed by atoms with van der Waals surface area (Å²) in [4.78, 5) is 0. The van der Waals surface area contributed by atoms with Crippen LogP contribution in [0, 0.1) is 12.7 Å². The SMILES string of the molecule is Cc1cc(F)c(OC(C)C)c(C(O)CN)c1. The van der Waals surface area contributed by atoms with E-state index in [0.717, 1.165) is 5.56 Å². The first-order chi connectivity index (χ1) is 7.45. The molecule has 16 heavy (non-hydrogen) atoms. The number of ether oxygens (including phenoxy) is 1. The predicted molar refractivity (Wildman–Crippen MR) is 60.9 cm³/mol. The molecule has 3 nitrogen and oxygen atoms in total. The molecule has 0 fully saturated rings. The fraction of sp³-hybridized carbons (Fsp3) is 0.500. The summed E-state index contributed by atoms with van der Waals surface area (Å²) < 4.78 is 19.1. The summed E-state index contributed by atoms with van der Waals surface area (Å²) >= 11 is 0. The van der Waals surface area contributed by atoms with E-state index < -0.39 is 11.9 Å². The Hall–Kier alpha value is -1.13. The van der Waals surface area contributed by atoms with Gasteiger partial charge >= 0.3 is 0 Å². The smallest absolute Gasteiger partial charge is 0.165 e. The predicted octanol–water partition coefficient (Wildman–Crippen LogP) is 1.91. The highest BCUT2D eigenvalue weighted by molar-refractivity contribution is 5.40. The molecule has 0 bridgehead atoms. The van der Waals surface area contributed by atoms with Gasteiger partial charge in [-0.15, -0.1) is 0 Å². The quantitative estimate of drug-likeness (QED) is 0.826. The van der Waals surface area contributed by atoms with E-state index in [-0.39, 0.29) is 18.4 Å². The summed E-state index contributed by atoms with van der Waals surface area (Å²) in [7, 11) is 0. The number of aryl methyl sites for hydroxylation is 1. The van der Waals surface area contributed by atoms with Crippen LogP contribution in [0.1, 0.15) is 31.1 Å². The van der Waals surface area contributed by atoms with E-state index in [1.54, 1.807) is 26.8 Å². The van der Waals surface area contributed by atoms with Crippen molar-refractivity contribution in [2.24, 2.45) is 5.73 Å². The molecule has 1 atom stereocenters. The molecule has 90 valence electrons. The molecule has 0 amide bonds. The van der Waals surface area contributed by atoms with E-state index >= 15 is 0 Å². The number of hydrogen-bond donors (Lipinski definition) is 2. The van der Waals surface area contributed by atoms with Crippen molar-refractivity contribution in [1.29, 1.82) is 0 Å². The lowest BCUT2D eigenvalue weighted by molar-refractivity contribution is 0.169. The molecule has 1 aromatic rings. The molecule has 1 aromatic carbocycles. The van der Waals surface area contributed by atoms with Crippen LogP contribution in [0.5, 0.6) is 5.75 Å². The third-order valence-corrected chi connectivity index (χ3v) is 2.15. The van der Waals surface area contributed by atoms with Gasteiger partial charge in [0, 0.05) is 12.1 Å². The van der Waals surface area contributed by atoms with Crippen LogP contribution < -0.4 is 10.5 Å². The van der Waals surface area contributed by atoms with Crippen LogP contribution in [0.2, 0.25) is 0 Å². The summed E-state index contributed by atoms with van der Waals surface area (Å²) in [6, 6.07) is 3.07. The van der Waals surface area contributed by atoms with E-state index in [1.165, 1.54) is 6.07 Å². The Kier molecular flexibility index (Phi) is 4.26. The van der Waals surface area contributed by atoms with Gasteiger partial charge in [-0.3, -0.25) is 0 Å². The van der Waals surface area contributed by atoms with Crippen LogP contribution in [0.25, 0.3) is 0 Å². The molecular formula is C12H18FNO2.